The van der Waals surface area contributed by atoms with Gasteiger partial charge in [-0.2, -0.15) is 0 Å². The number of aliphatic carboxylic acids is 1. The lowest BCUT2D eigenvalue weighted by molar-refractivity contribution is -0.131. The third-order valence-electron chi connectivity index (χ3n) is 2.70. The molecule has 0 saturated heterocycles. The van der Waals surface area contributed by atoms with E-state index in [0.29, 0.717) is 16.9 Å². The van der Waals surface area contributed by atoms with Crippen LogP contribution >= 0.6 is 0 Å². The molecule has 0 spiro atoms. The van der Waals surface area contributed by atoms with Gasteiger partial charge in [-0.3, -0.25) is 0 Å². The van der Waals surface area contributed by atoms with E-state index in [1.165, 1.54) is 12.1 Å². The van der Waals surface area contributed by atoms with E-state index in [2.05, 4.69) is 0 Å². The molecule has 1 N–H and O–H groups in total. The monoisotopic (exact) mass is 290 g/mol. The highest BCUT2D eigenvalue weighted by Crippen LogP contribution is 2.21. The van der Waals surface area contributed by atoms with Gasteiger partial charge in [-0.25, -0.2) is 13.6 Å². The van der Waals surface area contributed by atoms with Crippen molar-refractivity contribution < 1.29 is 23.4 Å². The Balaban J connectivity index is 2.12. The molecule has 21 heavy (non-hydrogen) atoms. The summed E-state index contributed by atoms with van der Waals surface area (Å²) in [5.41, 5.74) is 1.06. The molecule has 0 aliphatic carbocycles. The molecule has 2 aromatic carbocycles. The highest BCUT2D eigenvalue weighted by atomic mass is 19.2. The van der Waals surface area contributed by atoms with E-state index in [-0.39, 0.29) is 6.61 Å². The van der Waals surface area contributed by atoms with Crippen molar-refractivity contribution in [3.05, 3.63) is 71.3 Å². The van der Waals surface area contributed by atoms with Crippen molar-refractivity contribution in [2.24, 2.45) is 0 Å². The molecule has 0 aliphatic heterocycles. The summed E-state index contributed by atoms with van der Waals surface area (Å²) in [5, 5.41) is 8.63. The van der Waals surface area contributed by atoms with Gasteiger partial charge >= 0.3 is 5.97 Å². The van der Waals surface area contributed by atoms with Crippen LogP contribution in [-0.4, -0.2) is 11.1 Å². The topological polar surface area (TPSA) is 46.5 Å². The van der Waals surface area contributed by atoms with Gasteiger partial charge < -0.3 is 9.84 Å². The second kappa shape index (κ2) is 6.65. The summed E-state index contributed by atoms with van der Waals surface area (Å²) in [6.45, 7) is 0.0507. The predicted octanol–water partition coefficient (Wildman–Crippen LogP) is 3.64. The van der Waals surface area contributed by atoms with Crippen LogP contribution in [0.4, 0.5) is 8.78 Å². The van der Waals surface area contributed by atoms with Crippen molar-refractivity contribution in [2.45, 2.75) is 6.61 Å². The molecule has 2 rings (SSSR count). The summed E-state index contributed by atoms with van der Waals surface area (Å²) in [4.78, 5) is 10.5. The second-order valence-electron chi connectivity index (χ2n) is 4.25. The first kappa shape index (κ1) is 14.7. The van der Waals surface area contributed by atoms with Crippen molar-refractivity contribution in [3.63, 3.8) is 0 Å². The zero-order valence-corrected chi connectivity index (χ0v) is 10.9. The summed E-state index contributed by atoms with van der Waals surface area (Å²) in [7, 11) is 0. The van der Waals surface area contributed by atoms with Crippen LogP contribution in [0.1, 0.15) is 11.1 Å². The summed E-state index contributed by atoms with van der Waals surface area (Å²) >= 11 is 0. The zero-order chi connectivity index (χ0) is 15.2. The first-order chi connectivity index (χ1) is 10.1. The Labute approximate surface area is 120 Å². The molecule has 3 nitrogen and oxygen atoms in total. The molecule has 0 fully saturated rings. The third kappa shape index (κ3) is 4.14. The van der Waals surface area contributed by atoms with E-state index in [1.54, 1.807) is 24.3 Å². The average Bonchev–Trinajstić information content (AvgIpc) is 2.47. The van der Waals surface area contributed by atoms with Gasteiger partial charge in [0.15, 0.2) is 11.6 Å². The summed E-state index contributed by atoms with van der Waals surface area (Å²) in [6.07, 6.45) is 2.41. The standard InChI is InChI=1S/C16H12F2O3/c17-13-7-5-11(9-14(13)18)10-21-15-4-2-1-3-12(15)6-8-16(19)20/h1-9H,10H2,(H,19,20)/b8-6+. The first-order valence-electron chi connectivity index (χ1n) is 6.13. The minimum absolute atomic E-state index is 0.0507. The number of carbonyl (C=O) groups is 1. The van der Waals surface area contributed by atoms with Crippen LogP contribution in [-0.2, 0) is 11.4 Å². The largest absolute Gasteiger partial charge is 0.488 e. The van der Waals surface area contributed by atoms with Gasteiger partial charge in [0.25, 0.3) is 0 Å². The molecule has 0 amide bonds. The van der Waals surface area contributed by atoms with Gasteiger partial charge in [0.1, 0.15) is 12.4 Å². The Hall–Kier alpha value is -2.69. The van der Waals surface area contributed by atoms with Gasteiger partial charge in [-0.05, 0) is 29.8 Å². The van der Waals surface area contributed by atoms with Crippen LogP contribution in [0.3, 0.4) is 0 Å². The Morgan fingerprint density at radius 1 is 1.14 bits per heavy atom. The van der Waals surface area contributed by atoms with Crippen molar-refractivity contribution in [1.29, 1.82) is 0 Å². The van der Waals surface area contributed by atoms with E-state index in [4.69, 9.17) is 9.84 Å². The molecule has 0 unspecified atom stereocenters. The number of ether oxygens (including phenoxy) is 1. The van der Waals surface area contributed by atoms with Gasteiger partial charge in [-0.15, -0.1) is 0 Å². The van der Waals surface area contributed by atoms with Crippen molar-refractivity contribution in [2.75, 3.05) is 0 Å². The molecular weight excluding hydrogens is 278 g/mol. The number of para-hydroxylation sites is 1. The van der Waals surface area contributed by atoms with E-state index >= 15 is 0 Å². The summed E-state index contributed by atoms with van der Waals surface area (Å²) < 4.78 is 31.4. The molecule has 0 bridgehead atoms. The van der Waals surface area contributed by atoms with Gasteiger partial charge in [0.2, 0.25) is 0 Å². The molecule has 2 aromatic rings. The van der Waals surface area contributed by atoms with E-state index < -0.39 is 17.6 Å². The number of benzene rings is 2. The predicted molar refractivity (Wildman–Crippen MR) is 73.8 cm³/mol. The van der Waals surface area contributed by atoms with Crippen molar-refractivity contribution >= 4 is 12.0 Å². The number of rotatable bonds is 5. The fraction of sp³-hybridized carbons (Fsp3) is 0.0625. The lowest BCUT2D eigenvalue weighted by Gasteiger charge is -2.09. The molecular formula is C16H12F2O3. The van der Waals surface area contributed by atoms with Crippen LogP contribution in [0.25, 0.3) is 6.08 Å². The van der Waals surface area contributed by atoms with Gasteiger partial charge in [0.05, 0.1) is 0 Å². The lowest BCUT2D eigenvalue weighted by Crippen LogP contribution is -1.98. The second-order valence-corrected chi connectivity index (χ2v) is 4.25. The normalized spacial score (nSPS) is 10.8. The van der Waals surface area contributed by atoms with Crippen molar-refractivity contribution in [3.8, 4) is 5.75 Å². The van der Waals surface area contributed by atoms with Crippen LogP contribution in [0.5, 0.6) is 5.75 Å². The van der Waals surface area contributed by atoms with Crippen LogP contribution in [0.15, 0.2) is 48.5 Å². The number of carboxylic acid groups (broad SMARTS) is 1. The molecule has 0 aromatic heterocycles. The highest BCUT2D eigenvalue weighted by molar-refractivity contribution is 5.85. The Morgan fingerprint density at radius 3 is 2.62 bits per heavy atom. The average molecular weight is 290 g/mol. The molecule has 0 atom stereocenters. The highest BCUT2D eigenvalue weighted by Gasteiger charge is 2.05. The third-order valence-corrected chi connectivity index (χ3v) is 2.70. The molecule has 0 heterocycles. The molecule has 108 valence electrons. The minimum atomic E-state index is -1.06. The van der Waals surface area contributed by atoms with Gasteiger partial charge in [0, 0.05) is 11.6 Å². The molecule has 0 radical (unpaired) electrons. The first-order valence-corrected chi connectivity index (χ1v) is 6.13. The fourth-order valence-corrected chi connectivity index (χ4v) is 1.70. The van der Waals surface area contributed by atoms with E-state index in [1.807, 2.05) is 0 Å². The zero-order valence-electron chi connectivity index (χ0n) is 10.9. The maximum atomic E-state index is 13.1. The lowest BCUT2D eigenvalue weighted by atomic mass is 10.2. The quantitative estimate of drug-likeness (QED) is 0.855. The smallest absolute Gasteiger partial charge is 0.328 e. The number of halogens is 2. The van der Waals surface area contributed by atoms with Crippen molar-refractivity contribution in [1.82, 2.24) is 0 Å². The number of carboxylic acids is 1. The summed E-state index contributed by atoms with van der Waals surface area (Å²) in [5.74, 6) is -2.45. The Morgan fingerprint density at radius 2 is 1.90 bits per heavy atom. The molecule has 0 aliphatic rings. The summed E-state index contributed by atoms with van der Waals surface area (Å²) in [6, 6.07) is 10.4. The number of hydrogen-bond acceptors (Lipinski definition) is 2. The number of hydrogen-bond donors (Lipinski definition) is 1. The van der Waals surface area contributed by atoms with Gasteiger partial charge in [-0.1, -0.05) is 24.3 Å². The molecule has 5 heteroatoms. The van der Waals surface area contributed by atoms with E-state index in [0.717, 1.165) is 18.2 Å². The maximum absolute atomic E-state index is 13.1. The Bertz CT molecular complexity index is 681. The maximum Gasteiger partial charge on any atom is 0.328 e. The van der Waals surface area contributed by atoms with E-state index in [9.17, 15) is 13.6 Å². The van der Waals surface area contributed by atoms with Crippen LogP contribution in [0, 0.1) is 11.6 Å². The van der Waals surface area contributed by atoms with Crippen LogP contribution in [0.2, 0.25) is 0 Å². The molecule has 0 saturated carbocycles. The Kier molecular flexibility index (Phi) is 4.66. The SMILES string of the molecule is O=C(O)/C=C/c1ccccc1OCc1ccc(F)c(F)c1. The minimum Gasteiger partial charge on any atom is -0.488 e. The van der Waals surface area contributed by atoms with Crippen LogP contribution < -0.4 is 4.74 Å². The fourth-order valence-electron chi connectivity index (χ4n) is 1.70.